The van der Waals surface area contributed by atoms with Crippen LogP contribution in [0.5, 0.6) is 0 Å². The fourth-order valence-electron chi connectivity index (χ4n) is 5.33. The maximum absolute atomic E-state index is 13.0. The second-order valence-corrected chi connectivity index (χ2v) is 8.54. The van der Waals surface area contributed by atoms with Gasteiger partial charge < -0.3 is 15.1 Å². The van der Waals surface area contributed by atoms with Gasteiger partial charge in [0.25, 0.3) is 5.91 Å². The summed E-state index contributed by atoms with van der Waals surface area (Å²) in [4.78, 5) is 40.8. The standard InChI is InChI=1S/C23H32N4O3/c1-3-24-18-7-5-6-8-19(18)26(4-2)16-9-10-17-15(13-16)14-27(23(17)30)20-11-12-21(28)25-22(20)29/h9-10,13,18-20,24H,3-8,11-12,14H2,1-2H3,(H,25,28,29)/t18-,19+,20?/m1/s1. The normalized spacial score (nSPS) is 26.5. The lowest BCUT2D eigenvalue weighted by molar-refractivity contribution is -0.136. The second kappa shape index (κ2) is 8.76. The molecule has 30 heavy (non-hydrogen) atoms. The van der Waals surface area contributed by atoms with E-state index in [2.05, 4.69) is 35.4 Å². The van der Waals surface area contributed by atoms with Gasteiger partial charge in [-0.1, -0.05) is 19.8 Å². The van der Waals surface area contributed by atoms with Crippen molar-refractivity contribution in [2.24, 2.45) is 0 Å². The molecule has 2 fully saturated rings. The Kier molecular flexibility index (Phi) is 6.09. The Labute approximate surface area is 178 Å². The van der Waals surface area contributed by atoms with Gasteiger partial charge in [-0.2, -0.15) is 0 Å². The highest BCUT2D eigenvalue weighted by Gasteiger charge is 2.39. The van der Waals surface area contributed by atoms with Crippen molar-refractivity contribution in [2.45, 2.75) is 77.0 Å². The first-order valence-electron chi connectivity index (χ1n) is 11.3. The molecule has 3 aliphatic rings. The molecule has 1 saturated heterocycles. The van der Waals surface area contributed by atoms with Crippen LogP contribution >= 0.6 is 0 Å². The fraction of sp³-hybridized carbons (Fsp3) is 0.609. The van der Waals surface area contributed by atoms with Gasteiger partial charge in [0.1, 0.15) is 6.04 Å². The number of nitrogens with zero attached hydrogens (tertiary/aromatic N) is 2. The molecular weight excluding hydrogens is 380 g/mol. The Balaban J connectivity index is 1.55. The fourth-order valence-corrected chi connectivity index (χ4v) is 5.33. The molecule has 1 aliphatic carbocycles. The Bertz CT molecular complexity index is 838. The Morgan fingerprint density at radius 1 is 1.13 bits per heavy atom. The third kappa shape index (κ3) is 3.83. The van der Waals surface area contributed by atoms with Crippen molar-refractivity contribution in [3.8, 4) is 0 Å². The van der Waals surface area contributed by atoms with Crippen molar-refractivity contribution in [1.29, 1.82) is 0 Å². The molecule has 1 saturated carbocycles. The average molecular weight is 413 g/mol. The molecular formula is C23H32N4O3. The molecule has 7 heteroatoms. The van der Waals surface area contributed by atoms with Gasteiger partial charge in [-0.3, -0.25) is 19.7 Å². The number of benzene rings is 1. The number of carbonyl (C=O) groups excluding carboxylic acids is 3. The Morgan fingerprint density at radius 2 is 1.93 bits per heavy atom. The summed E-state index contributed by atoms with van der Waals surface area (Å²) < 4.78 is 0. The summed E-state index contributed by atoms with van der Waals surface area (Å²) in [6, 6.07) is 6.45. The molecule has 2 N–H and O–H groups in total. The zero-order chi connectivity index (χ0) is 21.3. The van der Waals surface area contributed by atoms with Crippen LogP contribution in [0.2, 0.25) is 0 Å². The zero-order valence-corrected chi connectivity index (χ0v) is 17.9. The first-order chi connectivity index (χ1) is 14.5. The lowest BCUT2D eigenvalue weighted by Crippen LogP contribution is -2.52. The minimum absolute atomic E-state index is 0.114. The quantitative estimate of drug-likeness (QED) is 0.700. The summed E-state index contributed by atoms with van der Waals surface area (Å²) in [7, 11) is 0. The van der Waals surface area contributed by atoms with E-state index in [0.717, 1.165) is 24.3 Å². The predicted octanol–water partition coefficient (Wildman–Crippen LogP) is 2.19. The van der Waals surface area contributed by atoms with Gasteiger partial charge in [0.2, 0.25) is 11.8 Å². The Morgan fingerprint density at radius 3 is 2.67 bits per heavy atom. The molecule has 3 atom stereocenters. The van der Waals surface area contributed by atoms with E-state index in [1.165, 1.54) is 25.7 Å². The van der Waals surface area contributed by atoms with Gasteiger partial charge in [-0.25, -0.2) is 0 Å². The molecule has 162 valence electrons. The van der Waals surface area contributed by atoms with E-state index in [1.807, 2.05) is 12.1 Å². The maximum atomic E-state index is 13.0. The van der Waals surface area contributed by atoms with Crippen LogP contribution in [0.3, 0.4) is 0 Å². The van der Waals surface area contributed by atoms with Crippen molar-refractivity contribution in [1.82, 2.24) is 15.5 Å². The molecule has 3 amide bonds. The molecule has 1 aromatic rings. The molecule has 7 nitrogen and oxygen atoms in total. The maximum Gasteiger partial charge on any atom is 0.255 e. The van der Waals surface area contributed by atoms with Crippen molar-refractivity contribution < 1.29 is 14.4 Å². The number of piperidine rings is 1. The Hall–Kier alpha value is -2.41. The minimum atomic E-state index is -0.565. The number of fused-ring (bicyclic) bond motifs is 1. The number of likely N-dealkylation sites (N-methyl/N-ethyl adjacent to an activating group) is 2. The van der Waals surface area contributed by atoms with Crippen molar-refractivity contribution in [3.05, 3.63) is 29.3 Å². The van der Waals surface area contributed by atoms with Gasteiger partial charge in [0, 0.05) is 42.8 Å². The number of hydrogen-bond acceptors (Lipinski definition) is 5. The first kappa shape index (κ1) is 20.8. The number of amides is 3. The number of nitrogens with one attached hydrogen (secondary N) is 2. The molecule has 0 radical (unpaired) electrons. The zero-order valence-electron chi connectivity index (χ0n) is 17.9. The van der Waals surface area contributed by atoms with Crippen LogP contribution in [-0.4, -0.2) is 53.8 Å². The van der Waals surface area contributed by atoms with Gasteiger partial charge >= 0.3 is 0 Å². The van der Waals surface area contributed by atoms with Crippen molar-refractivity contribution >= 4 is 23.4 Å². The number of carbonyl (C=O) groups is 3. The monoisotopic (exact) mass is 412 g/mol. The van der Waals surface area contributed by atoms with E-state index in [1.54, 1.807) is 4.90 Å². The molecule has 1 aromatic carbocycles. The number of imide groups is 1. The van der Waals surface area contributed by atoms with Gasteiger partial charge in [0.05, 0.1) is 0 Å². The number of rotatable bonds is 6. The van der Waals surface area contributed by atoms with E-state index < -0.39 is 6.04 Å². The molecule has 0 bridgehead atoms. The highest BCUT2D eigenvalue weighted by Crippen LogP contribution is 2.33. The topological polar surface area (TPSA) is 81.8 Å². The smallest absolute Gasteiger partial charge is 0.255 e. The summed E-state index contributed by atoms with van der Waals surface area (Å²) in [6.07, 6.45) is 5.55. The highest BCUT2D eigenvalue weighted by atomic mass is 16.2. The minimum Gasteiger partial charge on any atom is -0.367 e. The summed E-state index contributed by atoms with van der Waals surface area (Å²) in [6.45, 7) is 6.65. The molecule has 2 heterocycles. The van der Waals surface area contributed by atoms with Crippen LogP contribution < -0.4 is 15.5 Å². The van der Waals surface area contributed by atoms with Crippen molar-refractivity contribution in [3.63, 3.8) is 0 Å². The van der Waals surface area contributed by atoms with E-state index in [4.69, 9.17) is 0 Å². The second-order valence-electron chi connectivity index (χ2n) is 8.54. The summed E-state index contributed by atoms with van der Waals surface area (Å²) >= 11 is 0. The summed E-state index contributed by atoms with van der Waals surface area (Å²) in [5.41, 5.74) is 2.78. The summed E-state index contributed by atoms with van der Waals surface area (Å²) in [5, 5.41) is 6.03. The van der Waals surface area contributed by atoms with E-state index in [9.17, 15) is 14.4 Å². The molecule has 4 rings (SSSR count). The van der Waals surface area contributed by atoms with E-state index >= 15 is 0 Å². The van der Waals surface area contributed by atoms with Crippen LogP contribution in [-0.2, 0) is 16.1 Å². The van der Waals surface area contributed by atoms with Gasteiger partial charge in [0.15, 0.2) is 0 Å². The lowest BCUT2D eigenvalue weighted by atomic mass is 9.88. The lowest BCUT2D eigenvalue weighted by Gasteiger charge is -2.41. The molecule has 0 spiro atoms. The SMILES string of the molecule is CCN[C@@H]1CCCC[C@@H]1N(CC)c1ccc2c(c1)CN(C1CCC(=O)NC1=O)C2=O. The summed E-state index contributed by atoms with van der Waals surface area (Å²) in [5.74, 6) is -0.736. The number of hydrogen-bond donors (Lipinski definition) is 2. The van der Waals surface area contributed by atoms with Gasteiger partial charge in [-0.05, 0) is 56.5 Å². The van der Waals surface area contributed by atoms with Crippen molar-refractivity contribution in [2.75, 3.05) is 18.0 Å². The first-order valence-corrected chi connectivity index (χ1v) is 11.3. The van der Waals surface area contributed by atoms with Crippen LogP contribution in [0.15, 0.2) is 18.2 Å². The predicted molar refractivity (Wildman–Crippen MR) is 115 cm³/mol. The van der Waals surface area contributed by atoms with Crippen LogP contribution in [0.25, 0.3) is 0 Å². The highest BCUT2D eigenvalue weighted by molar-refractivity contribution is 6.05. The average Bonchev–Trinajstić information content (AvgIpc) is 3.06. The molecule has 2 aliphatic heterocycles. The van der Waals surface area contributed by atoms with Crippen LogP contribution in [0, 0.1) is 0 Å². The van der Waals surface area contributed by atoms with E-state index in [0.29, 0.717) is 30.6 Å². The molecule has 1 unspecified atom stereocenters. The molecule has 0 aromatic heterocycles. The third-order valence-corrected chi connectivity index (χ3v) is 6.78. The van der Waals surface area contributed by atoms with Crippen LogP contribution in [0.1, 0.15) is 68.3 Å². The third-order valence-electron chi connectivity index (χ3n) is 6.78. The van der Waals surface area contributed by atoms with E-state index in [-0.39, 0.29) is 24.1 Å². The van der Waals surface area contributed by atoms with Crippen LogP contribution in [0.4, 0.5) is 5.69 Å². The van der Waals surface area contributed by atoms with Gasteiger partial charge in [-0.15, -0.1) is 0 Å². The largest absolute Gasteiger partial charge is 0.367 e. The number of anilines is 1.